The molecule has 0 spiro atoms. The quantitative estimate of drug-likeness (QED) is 0.474. The van der Waals surface area contributed by atoms with Gasteiger partial charge in [0, 0.05) is 17.0 Å². The van der Waals surface area contributed by atoms with Crippen LogP contribution in [-0.4, -0.2) is 17.5 Å². The first kappa shape index (κ1) is 12.1. The van der Waals surface area contributed by atoms with Gasteiger partial charge in [0.1, 0.15) is 5.58 Å². The van der Waals surface area contributed by atoms with Crippen LogP contribution in [0, 0.1) is 17.0 Å². The molecule has 0 N–H and O–H groups in total. The third-order valence-electron chi connectivity index (χ3n) is 2.59. The highest BCUT2D eigenvalue weighted by Gasteiger charge is 2.20. The fraction of sp³-hybridized carbons (Fsp3) is 0.250. The molecule has 0 aliphatic heterocycles. The molecule has 18 heavy (non-hydrogen) atoms. The minimum Gasteiger partial charge on any atom is -0.460 e. The molecule has 6 nitrogen and oxygen atoms in total. The highest BCUT2D eigenvalue weighted by molar-refractivity contribution is 5.96. The van der Waals surface area contributed by atoms with E-state index in [0.717, 1.165) is 0 Å². The van der Waals surface area contributed by atoms with Crippen LogP contribution in [0.15, 0.2) is 22.6 Å². The summed E-state index contributed by atoms with van der Waals surface area (Å²) >= 11 is 0. The third kappa shape index (κ3) is 1.92. The number of hydrogen-bond donors (Lipinski definition) is 0. The van der Waals surface area contributed by atoms with Crippen molar-refractivity contribution < 1.29 is 18.9 Å². The summed E-state index contributed by atoms with van der Waals surface area (Å²) in [6.07, 6.45) is 0. The van der Waals surface area contributed by atoms with Gasteiger partial charge in [0.05, 0.1) is 17.6 Å². The van der Waals surface area contributed by atoms with Gasteiger partial charge < -0.3 is 9.15 Å². The van der Waals surface area contributed by atoms with Crippen LogP contribution in [-0.2, 0) is 4.74 Å². The lowest BCUT2D eigenvalue weighted by Gasteiger charge is -1.97. The molecule has 6 heteroatoms. The molecule has 94 valence electrons. The first-order valence-electron chi connectivity index (χ1n) is 5.39. The number of nitro groups is 1. The van der Waals surface area contributed by atoms with E-state index in [1.165, 1.54) is 12.1 Å². The number of hydrogen-bond acceptors (Lipinski definition) is 5. The van der Waals surface area contributed by atoms with Gasteiger partial charge in [-0.2, -0.15) is 0 Å². The summed E-state index contributed by atoms with van der Waals surface area (Å²) in [6.45, 7) is 3.65. The average molecular weight is 249 g/mol. The largest absolute Gasteiger partial charge is 0.460 e. The topological polar surface area (TPSA) is 82.6 Å². The molecule has 2 rings (SSSR count). The molecule has 0 fully saturated rings. The predicted molar refractivity (Wildman–Crippen MR) is 63.6 cm³/mol. The number of rotatable bonds is 3. The number of esters is 1. The van der Waals surface area contributed by atoms with Gasteiger partial charge in [-0.3, -0.25) is 10.1 Å². The Labute approximate surface area is 102 Å². The Morgan fingerprint density at radius 1 is 1.50 bits per heavy atom. The lowest BCUT2D eigenvalue weighted by atomic mass is 10.1. The van der Waals surface area contributed by atoms with E-state index in [2.05, 4.69) is 0 Å². The molecular weight excluding hydrogens is 238 g/mol. The van der Waals surface area contributed by atoms with Crippen LogP contribution >= 0.6 is 0 Å². The Balaban J connectivity index is 2.55. The van der Waals surface area contributed by atoms with Gasteiger partial charge in [0.2, 0.25) is 5.76 Å². The Hall–Kier alpha value is -2.37. The number of ether oxygens (including phenoxy) is 1. The van der Waals surface area contributed by atoms with Crippen molar-refractivity contribution in [1.29, 1.82) is 0 Å². The standard InChI is InChI=1S/C12H11NO5/c1-3-17-12(14)11-7(2)9-5-4-8(13(15)16)6-10(9)18-11/h4-6H,3H2,1-2H3. The first-order valence-corrected chi connectivity index (χ1v) is 5.39. The van der Waals surface area contributed by atoms with E-state index in [-0.39, 0.29) is 18.1 Å². The van der Waals surface area contributed by atoms with Crippen LogP contribution in [0.5, 0.6) is 0 Å². The lowest BCUT2D eigenvalue weighted by Crippen LogP contribution is -2.04. The summed E-state index contributed by atoms with van der Waals surface area (Å²) in [6, 6.07) is 4.24. The monoisotopic (exact) mass is 249 g/mol. The molecule has 1 heterocycles. The van der Waals surface area contributed by atoms with Crippen molar-refractivity contribution in [2.24, 2.45) is 0 Å². The normalized spacial score (nSPS) is 10.6. The Morgan fingerprint density at radius 2 is 2.22 bits per heavy atom. The minimum atomic E-state index is -0.561. The zero-order chi connectivity index (χ0) is 13.3. The van der Waals surface area contributed by atoms with Crippen molar-refractivity contribution in [3.63, 3.8) is 0 Å². The zero-order valence-electron chi connectivity index (χ0n) is 9.93. The maximum Gasteiger partial charge on any atom is 0.374 e. The Bertz CT molecular complexity index is 629. The van der Waals surface area contributed by atoms with E-state index in [1.807, 2.05) is 0 Å². The smallest absolute Gasteiger partial charge is 0.374 e. The lowest BCUT2D eigenvalue weighted by molar-refractivity contribution is -0.384. The molecule has 0 amide bonds. The van der Waals surface area contributed by atoms with Crippen molar-refractivity contribution in [3.8, 4) is 0 Å². The van der Waals surface area contributed by atoms with Gasteiger partial charge >= 0.3 is 5.97 Å². The Morgan fingerprint density at radius 3 is 2.83 bits per heavy atom. The fourth-order valence-electron chi connectivity index (χ4n) is 1.72. The van der Waals surface area contributed by atoms with Gasteiger partial charge in [0.25, 0.3) is 5.69 Å². The van der Waals surface area contributed by atoms with E-state index < -0.39 is 10.9 Å². The van der Waals surface area contributed by atoms with Crippen LogP contribution < -0.4 is 0 Å². The molecule has 0 aliphatic rings. The number of nitrogens with zero attached hydrogens (tertiary/aromatic N) is 1. The molecule has 0 radical (unpaired) electrons. The number of carbonyl (C=O) groups is 1. The summed E-state index contributed by atoms with van der Waals surface area (Å²) in [5.41, 5.74) is 0.856. The number of carbonyl (C=O) groups excluding carboxylic acids is 1. The number of non-ortho nitro benzene ring substituents is 1. The first-order chi connectivity index (χ1) is 8.54. The zero-order valence-corrected chi connectivity index (χ0v) is 9.93. The Kier molecular flexibility index (Phi) is 3.01. The molecule has 0 aliphatic carbocycles. The number of benzene rings is 1. The number of aryl methyl sites for hydroxylation is 1. The molecule has 2 aromatic rings. The summed E-state index contributed by atoms with van der Waals surface area (Å²) in [5.74, 6) is -0.471. The second-order valence-corrected chi connectivity index (χ2v) is 3.71. The number of fused-ring (bicyclic) bond motifs is 1. The highest BCUT2D eigenvalue weighted by atomic mass is 16.6. The second kappa shape index (κ2) is 4.48. The summed E-state index contributed by atoms with van der Waals surface area (Å²) in [5, 5.41) is 11.3. The van der Waals surface area contributed by atoms with Crippen molar-refractivity contribution in [2.45, 2.75) is 13.8 Å². The third-order valence-corrected chi connectivity index (χ3v) is 2.59. The van der Waals surface area contributed by atoms with E-state index in [9.17, 15) is 14.9 Å². The fourth-order valence-corrected chi connectivity index (χ4v) is 1.72. The highest BCUT2D eigenvalue weighted by Crippen LogP contribution is 2.28. The molecule has 0 atom stereocenters. The molecule has 0 unspecified atom stereocenters. The van der Waals surface area contributed by atoms with Crippen LogP contribution in [0.2, 0.25) is 0 Å². The molecule has 0 saturated heterocycles. The second-order valence-electron chi connectivity index (χ2n) is 3.71. The molecule has 0 bridgehead atoms. The molecule has 1 aromatic carbocycles. The molecule has 0 saturated carbocycles. The van der Waals surface area contributed by atoms with Gasteiger partial charge in [0.15, 0.2) is 0 Å². The van der Waals surface area contributed by atoms with Crippen LogP contribution in [0.3, 0.4) is 0 Å². The van der Waals surface area contributed by atoms with Gasteiger partial charge in [-0.05, 0) is 19.9 Å². The van der Waals surface area contributed by atoms with E-state index in [0.29, 0.717) is 16.5 Å². The summed E-state index contributed by atoms with van der Waals surface area (Å²) < 4.78 is 10.2. The van der Waals surface area contributed by atoms with Gasteiger partial charge in [-0.1, -0.05) is 0 Å². The van der Waals surface area contributed by atoms with Gasteiger partial charge in [-0.15, -0.1) is 0 Å². The van der Waals surface area contributed by atoms with Crippen LogP contribution in [0.4, 0.5) is 5.69 Å². The summed E-state index contributed by atoms with van der Waals surface area (Å²) in [7, 11) is 0. The van der Waals surface area contributed by atoms with Crippen molar-refractivity contribution in [2.75, 3.05) is 6.61 Å². The van der Waals surface area contributed by atoms with Crippen LogP contribution in [0.1, 0.15) is 23.0 Å². The van der Waals surface area contributed by atoms with Crippen molar-refractivity contribution in [1.82, 2.24) is 0 Å². The minimum absolute atomic E-state index is 0.0772. The van der Waals surface area contributed by atoms with Crippen molar-refractivity contribution >= 4 is 22.6 Å². The van der Waals surface area contributed by atoms with Crippen molar-refractivity contribution in [3.05, 3.63) is 39.6 Å². The SMILES string of the molecule is CCOC(=O)c1oc2cc([N+](=O)[O-])ccc2c1C. The van der Waals surface area contributed by atoms with E-state index in [1.54, 1.807) is 19.9 Å². The molecule has 1 aromatic heterocycles. The predicted octanol–water partition coefficient (Wildman–Crippen LogP) is 2.83. The summed E-state index contributed by atoms with van der Waals surface area (Å²) in [4.78, 5) is 21.7. The molecular formula is C12H11NO5. The van der Waals surface area contributed by atoms with Crippen LogP contribution in [0.25, 0.3) is 11.0 Å². The number of furan rings is 1. The van der Waals surface area contributed by atoms with E-state index in [4.69, 9.17) is 9.15 Å². The number of nitro benzene ring substituents is 1. The van der Waals surface area contributed by atoms with E-state index >= 15 is 0 Å². The van der Waals surface area contributed by atoms with Gasteiger partial charge in [-0.25, -0.2) is 4.79 Å². The average Bonchev–Trinajstić information content (AvgIpc) is 2.66. The maximum absolute atomic E-state index is 11.6. The maximum atomic E-state index is 11.6.